The normalized spacial score (nSPS) is 19.5. The molecule has 1 unspecified atom stereocenters. The van der Waals surface area contributed by atoms with Crippen molar-refractivity contribution in [1.82, 2.24) is 20.5 Å². The number of nitrogens with two attached hydrogens (primary N) is 1. The molecule has 6 rings (SSSR count). The van der Waals surface area contributed by atoms with Gasteiger partial charge in [-0.1, -0.05) is 5.16 Å². The molecule has 2 atom stereocenters. The second-order valence-corrected chi connectivity index (χ2v) is 15.4. The first-order chi connectivity index (χ1) is 24.3. The topological polar surface area (TPSA) is 204 Å². The molecule has 2 fully saturated rings. The molecule has 0 aliphatic carbocycles. The maximum atomic E-state index is 15.5. The zero-order valence-electron chi connectivity index (χ0n) is 27.8. The maximum absolute atomic E-state index is 15.5. The van der Waals surface area contributed by atoms with Crippen LogP contribution in [-0.4, -0.2) is 104 Å². The SMILES string of the molecule is CC[n+]1ccc(SCC2=C(C(=O)O)N3C(=O)C(NC(=O)/C(=N\OC(C)(C)C(=O)O)c4csc(N)n4)[C@H]3SC2)c2cc(F)c(N3CCNCC3)cc21. The van der Waals surface area contributed by atoms with Crippen LogP contribution in [0.4, 0.5) is 15.2 Å². The molecule has 3 aromatic rings. The first-order valence-corrected chi connectivity index (χ1v) is 18.9. The number of halogens is 1. The first-order valence-electron chi connectivity index (χ1n) is 16.0. The van der Waals surface area contributed by atoms with E-state index in [1.54, 1.807) is 0 Å². The minimum absolute atomic E-state index is 0.0133. The summed E-state index contributed by atoms with van der Waals surface area (Å²) in [7, 11) is 0. The highest BCUT2D eigenvalue weighted by atomic mass is 32.2. The summed E-state index contributed by atoms with van der Waals surface area (Å²) >= 11 is 3.68. The van der Waals surface area contributed by atoms with Crippen molar-refractivity contribution in [2.45, 2.75) is 49.2 Å². The molecule has 3 aliphatic rings. The van der Waals surface area contributed by atoms with Crippen molar-refractivity contribution in [2.75, 3.05) is 48.3 Å². The molecule has 6 N–H and O–H groups in total. The minimum atomic E-state index is -1.78. The number of carboxylic acid groups (broad SMARTS) is 2. The van der Waals surface area contributed by atoms with Crippen molar-refractivity contribution in [3.63, 3.8) is 0 Å². The van der Waals surface area contributed by atoms with Gasteiger partial charge in [-0.05, 0) is 32.4 Å². The third kappa shape index (κ3) is 7.19. The lowest BCUT2D eigenvalue weighted by atomic mass is 10.0. The van der Waals surface area contributed by atoms with Gasteiger partial charge in [0.05, 0.1) is 11.1 Å². The number of thioether (sulfide) groups is 2. The molecule has 19 heteroatoms. The van der Waals surface area contributed by atoms with Crippen LogP contribution in [0.3, 0.4) is 0 Å². The lowest BCUT2D eigenvalue weighted by Gasteiger charge is -2.49. The summed E-state index contributed by atoms with van der Waals surface area (Å²) in [5.74, 6) is -3.97. The summed E-state index contributed by atoms with van der Waals surface area (Å²) in [5, 5.41) is 30.8. The van der Waals surface area contributed by atoms with Crippen molar-refractivity contribution in [3.05, 3.63) is 52.6 Å². The summed E-state index contributed by atoms with van der Waals surface area (Å²) in [6, 6.07) is 4.20. The molecule has 15 nitrogen and oxygen atoms in total. The lowest BCUT2D eigenvalue weighted by Crippen LogP contribution is -2.71. The number of amides is 2. The molecule has 0 bridgehead atoms. The molecular formula is C32H36FN8O7S3+. The van der Waals surface area contributed by atoms with Gasteiger partial charge >= 0.3 is 11.9 Å². The van der Waals surface area contributed by atoms with Gasteiger partial charge in [0.15, 0.2) is 17.0 Å². The number of nitrogens with one attached hydrogen (secondary N) is 2. The van der Waals surface area contributed by atoms with E-state index in [1.165, 1.54) is 48.8 Å². The minimum Gasteiger partial charge on any atom is -0.478 e. The van der Waals surface area contributed by atoms with Gasteiger partial charge in [-0.15, -0.1) is 34.9 Å². The largest absolute Gasteiger partial charge is 0.478 e. The van der Waals surface area contributed by atoms with Crippen molar-refractivity contribution in [2.24, 2.45) is 5.16 Å². The number of nitrogen functional groups attached to an aromatic ring is 1. The predicted molar refractivity (Wildman–Crippen MR) is 191 cm³/mol. The fraction of sp³-hybridized carbons (Fsp3) is 0.406. The Kier molecular flexibility index (Phi) is 10.4. The number of β-lactam (4-membered cyclic amide) rings is 1. The van der Waals surface area contributed by atoms with Gasteiger partial charge in [-0.25, -0.2) is 19.0 Å². The number of piperazine rings is 1. The zero-order valence-corrected chi connectivity index (χ0v) is 30.3. The number of rotatable bonds is 12. The number of aliphatic carboxylic acids is 2. The predicted octanol–water partition coefficient (Wildman–Crippen LogP) is 1.85. The Morgan fingerprint density at radius 3 is 2.67 bits per heavy atom. The highest BCUT2D eigenvalue weighted by molar-refractivity contribution is 8.01. The van der Waals surface area contributed by atoms with E-state index in [4.69, 9.17) is 10.6 Å². The van der Waals surface area contributed by atoms with Crippen molar-refractivity contribution < 1.29 is 43.2 Å². The van der Waals surface area contributed by atoms with Crippen LogP contribution in [0, 0.1) is 5.82 Å². The smallest absolute Gasteiger partial charge is 0.352 e. The van der Waals surface area contributed by atoms with Crippen LogP contribution in [0.2, 0.25) is 0 Å². The number of fused-ring (bicyclic) bond motifs is 2. The second kappa shape index (κ2) is 14.6. The van der Waals surface area contributed by atoms with Gasteiger partial charge in [0.2, 0.25) is 11.1 Å². The molecule has 0 spiro atoms. The molecule has 51 heavy (non-hydrogen) atoms. The Balaban J connectivity index is 1.21. The number of aromatic nitrogens is 2. The first kappa shape index (κ1) is 36.3. The molecular weight excluding hydrogens is 724 g/mol. The maximum Gasteiger partial charge on any atom is 0.352 e. The number of carboxylic acids is 2. The lowest BCUT2D eigenvalue weighted by molar-refractivity contribution is -0.668. The number of oxime groups is 1. The fourth-order valence-electron chi connectivity index (χ4n) is 5.83. The van der Waals surface area contributed by atoms with E-state index >= 15 is 4.39 Å². The summed E-state index contributed by atoms with van der Waals surface area (Å²) in [6.07, 6.45) is 1.93. The van der Waals surface area contributed by atoms with E-state index in [9.17, 15) is 29.4 Å². The van der Waals surface area contributed by atoms with E-state index in [1.807, 2.05) is 34.7 Å². The van der Waals surface area contributed by atoms with Crippen LogP contribution in [-0.2, 0) is 30.6 Å². The van der Waals surface area contributed by atoms with Crippen molar-refractivity contribution >= 4 is 86.0 Å². The van der Waals surface area contributed by atoms with Gasteiger partial charge in [-0.3, -0.25) is 14.5 Å². The molecule has 270 valence electrons. The number of benzene rings is 1. The number of carbonyl (C=O) groups excluding carboxylic acids is 2. The summed E-state index contributed by atoms with van der Waals surface area (Å²) < 4.78 is 17.6. The number of anilines is 2. The van der Waals surface area contributed by atoms with Crippen LogP contribution in [0.25, 0.3) is 10.9 Å². The number of hydrogen-bond acceptors (Lipinski definition) is 13. The van der Waals surface area contributed by atoms with E-state index in [-0.39, 0.29) is 33.8 Å². The van der Waals surface area contributed by atoms with Crippen LogP contribution in [0.15, 0.2) is 51.1 Å². The van der Waals surface area contributed by atoms with Crippen molar-refractivity contribution in [1.29, 1.82) is 0 Å². The molecule has 3 aliphatic heterocycles. The van der Waals surface area contributed by atoms with Gasteiger partial charge in [0.1, 0.15) is 35.2 Å². The molecule has 5 heterocycles. The standard InChI is InChI=1S/C32H35FN8O7S3/c1-4-39-8-5-22(17-11-18(33)21(12-20(17)39)40-9-6-35-7-10-40)49-13-16-14-50-28-24(27(43)41(28)25(16)29(44)45)37-26(42)23(19-15-51-31(34)36-19)38-48-32(2,3)30(46)47/h5,8,11-12,15,24,28,35H,4,6-7,9-10,13-14H2,1-3H3,(H4-,34,36,37,42,44,45,46,47)/p+1/b38-23-/t24?,28-/m1/s1. The van der Waals surface area contributed by atoms with Gasteiger partial charge in [0.25, 0.3) is 11.8 Å². The zero-order chi connectivity index (χ0) is 36.6. The summed E-state index contributed by atoms with van der Waals surface area (Å²) in [5.41, 5.74) is 5.32. The highest BCUT2D eigenvalue weighted by Gasteiger charge is 2.54. The Morgan fingerprint density at radius 1 is 1.27 bits per heavy atom. The highest BCUT2D eigenvalue weighted by Crippen LogP contribution is 2.42. The van der Waals surface area contributed by atoms with E-state index in [0.717, 1.165) is 39.7 Å². The number of hydrogen-bond donors (Lipinski definition) is 5. The Bertz CT molecular complexity index is 1980. The van der Waals surface area contributed by atoms with Gasteiger partial charge in [0, 0.05) is 60.1 Å². The van der Waals surface area contributed by atoms with Crippen molar-refractivity contribution in [3.8, 4) is 0 Å². The van der Waals surface area contributed by atoms with E-state index in [0.29, 0.717) is 36.3 Å². The molecule has 0 saturated carbocycles. The van der Waals surface area contributed by atoms with Crippen LogP contribution < -0.4 is 25.8 Å². The summed E-state index contributed by atoms with van der Waals surface area (Å²) in [4.78, 5) is 64.1. The van der Waals surface area contributed by atoms with Crippen LogP contribution in [0.5, 0.6) is 0 Å². The van der Waals surface area contributed by atoms with Gasteiger partial charge < -0.3 is 36.3 Å². The van der Waals surface area contributed by atoms with E-state index < -0.39 is 46.5 Å². The number of nitrogens with zero attached hydrogens (tertiary/aromatic N) is 5. The number of carbonyl (C=O) groups is 4. The number of pyridine rings is 1. The Hall–Kier alpha value is -4.46. The number of thiazole rings is 1. The Labute approximate surface area is 304 Å². The Morgan fingerprint density at radius 2 is 2.02 bits per heavy atom. The summed E-state index contributed by atoms with van der Waals surface area (Å²) in [6.45, 7) is 8.11. The van der Waals surface area contributed by atoms with Gasteiger partial charge in [-0.2, -0.15) is 4.57 Å². The second-order valence-electron chi connectivity index (χ2n) is 12.3. The monoisotopic (exact) mass is 759 g/mol. The average Bonchev–Trinajstić information content (AvgIpc) is 3.54. The van der Waals surface area contributed by atoms with Crippen LogP contribution >= 0.6 is 34.9 Å². The fourth-order valence-corrected chi connectivity index (χ4v) is 8.90. The third-order valence-corrected chi connectivity index (χ3v) is 11.8. The molecule has 2 saturated heterocycles. The third-order valence-electron chi connectivity index (χ3n) is 8.64. The quantitative estimate of drug-likeness (QED) is 0.0589. The molecule has 0 radical (unpaired) electrons. The van der Waals surface area contributed by atoms with Crippen LogP contribution in [0.1, 0.15) is 26.5 Å². The molecule has 2 aromatic heterocycles. The number of aryl methyl sites for hydroxylation is 1. The molecule has 2 amide bonds. The average molecular weight is 760 g/mol. The van der Waals surface area contributed by atoms with E-state index in [2.05, 4.69) is 20.8 Å². The molecule has 1 aromatic carbocycles.